The van der Waals surface area contributed by atoms with E-state index in [-0.39, 0.29) is 17.5 Å². The Morgan fingerprint density at radius 2 is 1.68 bits per heavy atom. The van der Waals surface area contributed by atoms with Crippen LogP contribution >= 0.6 is 0 Å². The van der Waals surface area contributed by atoms with Gasteiger partial charge < -0.3 is 15.1 Å². The second-order valence-electron chi connectivity index (χ2n) is 8.76. The van der Waals surface area contributed by atoms with E-state index in [1.807, 2.05) is 80.2 Å². The summed E-state index contributed by atoms with van der Waals surface area (Å²) in [5, 5.41) is 2.85. The number of aryl methyl sites for hydroxylation is 1. The van der Waals surface area contributed by atoms with Gasteiger partial charge in [-0.1, -0.05) is 30.7 Å². The number of rotatable bonds is 8. The van der Waals surface area contributed by atoms with Gasteiger partial charge in [0.15, 0.2) is 0 Å². The summed E-state index contributed by atoms with van der Waals surface area (Å²) in [6.45, 7) is 6.46. The first-order chi connectivity index (χ1) is 16.2. The first-order valence-electron chi connectivity index (χ1n) is 11.4. The van der Waals surface area contributed by atoms with Gasteiger partial charge in [-0.2, -0.15) is 0 Å². The van der Waals surface area contributed by atoms with E-state index in [0.717, 1.165) is 23.2 Å². The van der Waals surface area contributed by atoms with Crippen molar-refractivity contribution in [2.24, 2.45) is 0 Å². The van der Waals surface area contributed by atoms with Gasteiger partial charge in [-0.15, -0.1) is 0 Å². The third kappa shape index (κ3) is 6.01. The van der Waals surface area contributed by atoms with E-state index in [1.54, 1.807) is 6.07 Å². The number of hydrogen-bond donors (Lipinski definition) is 1. The molecule has 0 aliphatic rings. The van der Waals surface area contributed by atoms with Crippen molar-refractivity contribution in [2.75, 3.05) is 24.3 Å². The normalized spacial score (nSPS) is 11.6. The lowest BCUT2D eigenvalue weighted by atomic mass is 10.1. The van der Waals surface area contributed by atoms with Crippen LogP contribution < -0.4 is 10.2 Å². The zero-order chi connectivity index (χ0) is 24.8. The van der Waals surface area contributed by atoms with Gasteiger partial charge in [-0.3, -0.25) is 9.59 Å². The van der Waals surface area contributed by atoms with E-state index in [9.17, 15) is 14.0 Å². The van der Waals surface area contributed by atoms with Crippen LogP contribution in [-0.4, -0.2) is 36.9 Å². The highest BCUT2D eigenvalue weighted by atomic mass is 19.1. The lowest BCUT2D eigenvalue weighted by Gasteiger charge is -2.31. The van der Waals surface area contributed by atoms with Gasteiger partial charge in [-0.25, -0.2) is 4.39 Å². The number of amides is 2. The number of nitrogens with zero attached hydrogens (tertiary/aromatic N) is 2. The number of anilines is 2. The van der Waals surface area contributed by atoms with Gasteiger partial charge >= 0.3 is 0 Å². The van der Waals surface area contributed by atoms with Crippen LogP contribution in [0, 0.1) is 12.7 Å². The molecule has 0 aliphatic heterocycles. The molecule has 178 valence electrons. The zero-order valence-electron chi connectivity index (χ0n) is 20.4. The lowest BCUT2D eigenvalue weighted by Crippen LogP contribution is -2.38. The first-order valence-corrected chi connectivity index (χ1v) is 11.4. The van der Waals surface area contributed by atoms with E-state index in [4.69, 9.17) is 0 Å². The number of carbonyl (C=O) groups is 2. The van der Waals surface area contributed by atoms with Crippen LogP contribution in [0.3, 0.4) is 0 Å². The van der Waals surface area contributed by atoms with Gasteiger partial charge in [0.25, 0.3) is 11.8 Å². The number of nitrogens with one attached hydrogen (secondary N) is 1. The highest BCUT2D eigenvalue weighted by Crippen LogP contribution is 2.27. The standard InChI is InChI=1S/C28H32FN3O2/c1-6-20(3)32(28(34)22-11-7-9-19(2)15-22)18-23-17-25(13-14-26(23)31(4)5)30-27(33)21-10-8-12-24(29)16-21/h7-17,20H,6,18H2,1-5H3,(H,30,33)/t20-/m0/s1. The first kappa shape index (κ1) is 25.0. The Balaban J connectivity index is 1.93. The molecule has 0 bridgehead atoms. The largest absolute Gasteiger partial charge is 0.377 e. The van der Waals surface area contributed by atoms with E-state index in [1.165, 1.54) is 18.2 Å². The minimum atomic E-state index is -0.463. The van der Waals surface area contributed by atoms with Gasteiger partial charge in [0, 0.05) is 49.2 Å². The van der Waals surface area contributed by atoms with Crippen molar-refractivity contribution >= 4 is 23.2 Å². The number of carbonyl (C=O) groups excluding carboxylic acids is 2. The maximum Gasteiger partial charge on any atom is 0.255 e. The average Bonchev–Trinajstić information content (AvgIpc) is 2.81. The van der Waals surface area contributed by atoms with Crippen LogP contribution in [0.2, 0.25) is 0 Å². The zero-order valence-corrected chi connectivity index (χ0v) is 20.4. The molecule has 0 aliphatic carbocycles. The van der Waals surface area contributed by atoms with Crippen LogP contribution in [-0.2, 0) is 6.54 Å². The van der Waals surface area contributed by atoms with E-state index < -0.39 is 11.7 Å². The maximum absolute atomic E-state index is 13.5. The highest BCUT2D eigenvalue weighted by Gasteiger charge is 2.23. The molecule has 1 N–H and O–H groups in total. The molecule has 6 heteroatoms. The quantitative estimate of drug-likeness (QED) is 0.455. The molecule has 0 spiro atoms. The topological polar surface area (TPSA) is 52.7 Å². The number of halogens is 1. The molecule has 0 aromatic heterocycles. The molecule has 0 fully saturated rings. The molecule has 3 rings (SSSR count). The Kier molecular flexibility index (Phi) is 8.05. The summed E-state index contributed by atoms with van der Waals surface area (Å²) >= 11 is 0. The summed E-state index contributed by atoms with van der Waals surface area (Å²) < 4.78 is 13.5. The lowest BCUT2D eigenvalue weighted by molar-refractivity contribution is 0.0671. The molecule has 2 amide bonds. The van der Waals surface area contributed by atoms with Gasteiger partial charge in [-0.05, 0) is 74.4 Å². The molecule has 0 radical (unpaired) electrons. The molecule has 0 saturated heterocycles. The van der Waals surface area contributed by atoms with Crippen LogP contribution in [0.15, 0.2) is 66.7 Å². The van der Waals surface area contributed by atoms with E-state index in [0.29, 0.717) is 17.8 Å². The van der Waals surface area contributed by atoms with Gasteiger partial charge in [0.05, 0.1) is 0 Å². The van der Waals surface area contributed by atoms with Crippen LogP contribution in [0.4, 0.5) is 15.8 Å². The summed E-state index contributed by atoms with van der Waals surface area (Å²) in [5.74, 6) is -0.884. The fourth-order valence-corrected chi connectivity index (χ4v) is 3.83. The predicted octanol–water partition coefficient (Wildman–Crippen LogP) is 5.89. The van der Waals surface area contributed by atoms with Crippen molar-refractivity contribution in [3.8, 4) is 0 Å². The van der Waals surface area contributed by atoms with Gasteiger partial charge in [0.2, 0.25) is 0 Å². The van der Waals surface area contributed by atoms with Crippen molar-refractivity contribution in [1.29, 1.82) is 0 Å². The van der Waals surface area contributed by atoms with E-state index in [2.05, 4.69) is 12.2 Å². The fraction of sp³-hybridized carbons (Fsp3) is 0.286. The monoisotopic (exact) mass is 461 g/mol. The smallest absolute Gasteiger partial charge is 0.255 e. The fourth-order valence-electron chi connectivity index (χ4n) is 3.83. The Labute approximate surface area is 201 Å². The minimum absolute atomic E-state index is 0.0218. The second kappa shape index (κ2) is 11.0. The Bertz CT molecular complexity index is 1180. The van der Waals surface area contributed by atoms with Crippen molar-refractivity contribution in [3.05, 3.63) is 94.8 Å². The van der Waals surface area contributed by atoms with Crippen molar-refractivity contribution in [1.82, 2.24) is 4.90 Å². The molecule has 1 atom stereocenters. The molecule has 3 aromatic rings. The van der Waals surface area contributed by atoms with Crippen molar-refractivity contribution < 1.29 is 14.0 Å². The third-order valence-corrected chi connectivity index (χ3v) is 5.90. The molecule has 0 saturated carbocycles. The molecule has 3 aromatic carbocycles. The summed E-state index contributed by atoms with van der Waals surface area (Å²) in [7, 11) is 3.89. The maximum atomic E-state index is 13.5. The summed E-state index contributed by atoms with van der Waals surface area (Å²) in [6, 6.07) is 18.8. The SMILES string of the molecule is CC[C@H](C)N(Cc1cc(NC(=O)c2cccc(F)c2)ccc1N(C)C)C(=O)c1cccc(C)c1. The molecule has 5 nitrogen and oxygen atoms in total. The Hall–Kier alpha value is -3.67. The van der Waals surface area contributed by atoms with Crippen molar-refractivity contribution in [2.45, 2.75) is 39.8 Å². The number of benzene rings is 3. The average molecular weight is 462 g/mol. The highest BCUT2D eigenvalue weighted by molar-refractivity contribution is 6.04. The van der Waals surface area contributed by atoms with Crippen LogP contribution in [0.5, 0.6) is 0 Å². The molecular weight excluding hydrogens is 429 g/mol. The third-order valence-electron chi connectivity index (χ3n) is 5.90. The predicted molar refractivity (Wildman–Crippen MR) is 136 cm³/mol. The molecule has 0 heterocycles. The van der Waals surface area contributed by atoms with E-state index >= 15 is 0 Å². The second-order valence-corrected chi connectivity index (χ2v) is 8.76. The summed E-state index contributed by atoms with van der Waals surface area (Å²) in [6.07, 6.45) is 0.810. The molecule has 34 heavy (non-hydrogen) atoms. The van der Waals surface area contributed by atoms with Crippen LogP contribution in [0.1, 0.15) is 52.1 Å². The molecular formula is C28H32FN3O2. The Morgan fingerprint density at radius 1 is 0.971 bits per heavy atom. The summed E-state index contributed by atoms with van der Waals surface area (Å²) in [5.41, 5.74) is 4.38. The van der Waals surface area contributed by atoms with Gasteiger partial charge in [0.1, 0.15) is 5.82 Å². The minimum Gasteiger partial charge on any atom is -0.377 e. The van der Waals surface area contributed by atoms with Crippen LogP contribution in [0.25, 0.3) is 0 Å². The Morgan fingerprint density at radius 3 is 2.32 bits per heavy atom. The number of hydrogen-bond acceptors (Lipinski definition) is 3. The molecule has 0 unspecified atom stereocenters. The summed E-state index contributed by atoms with van der Waals surface area (Å²) in [4.78, 5) is 30.0. The van der Waals surface area contributed by atoms with Crippen molar-refractivity contribution in [3.63, 3.8) is 0 Å².